The van der Waals surface area contributed by atoms with Crippen molar-refractivity contribution >= 4 is 46.4 Å². The summed E-state index contributed by atoms with van der Waals surface area (Å²) in [5, 5.41) is 0.215. The maximum Gasteiger partial charge on any atom is 0.150 e. The minimum atomic E-state index is -0.496. The highest BCUT2D eigenvalue weighted by Crippen LogP contribution is 2.33. The number of benzene rings is 2. The zero-order chi connectivity index (χ0) is 18.0. The summed E-state index contributed by atoms with van der Waals surface area (Å²) < 4.78 is 34.2. The van der Waals surface area contributed by atoms with Crippen LogP contribution in [0, 0.1) is 11.6 Å². The number of halogens is 4. The molecule has 0 unspecified atom stereocenters. The van der Waals surface area contributed by atoms with Gasteiger partial charge in [-0.05, 0) is 31.2 Å². The van der Waals surface area contributed by atoms with Crippen LogP contribution in [0.15, 0.2) is 36.4 Å². The number of hydrogen-bond donors (Lipinski definition) is 0. The molecule has 0 aliphatic carbocycles. The molecule has 0 bridgehead atoms. The van der Waals surface area contributed by atoms with Crippen molar-refractivity contribution in [1.82, 2.24) is 9.97 Å². The van der Waals surface area contributed by atoms with E-state index in [1.54, 1.807) is 31.3 Å². The molecule has 4 nitrogen and oxygen atoms in total. The number of aromatic nitrogens is 2. The summed E-state index contributed by atoms with van der Waals surface area (Å²) in [4.78, 5) is 10.0. The Kier molecular flexibility index (Phi) is 6.56. The minimum absolute atomic E-state index is 0. The van der Waals surface area contributed by atoms with Gasteiger partial charge in [0, 0.05) is 13.1 Å². The molecule has 0 saturated heterocycles. The van der Waals surface area contributed by atoms with Gasteiger partial charge < -0.3 is 9.64 Å². The van der Waals surface area contributed by atoms with Gasteiger partial charge in [-0.25, -0.2) is 18.7 Å². The Morgan fingerprint density at radius 2 is 1.88 bits per heavy atom. The van der Waals surface area contributed by atoms with E-state index in [-0.39, 0.29) is 35.2 Å². The third kappa shape index (κ3) is 3.81. The van der Waals surface area contributed by atoms with Crippen LogP contribution in [0.25, 0.3) is 10.9 Å². The first-order chi connectivity index (χ1) is 12.0. The number of alkyl halides is 1. The van der Waals surface area contributed by atoms with Gasteiger partial charge in [-0.15, -0.1) is 24.0 Å². The van der Waals surface area contributed by atoms with Crippen LogP contribution >= 0.6 is 24.0 Å². The Bertz CT molecular complexity index is 924. The number of rotatable bonds is 5. The fourth-order valence-electron chi connectivity index (χ4n) is 2.60. The van der Waals surface area contributed by atoms with Crippen molar-refractivity contribution in [3.8, 4) is 5.75 Å². The third-order valence-corrected chi connectivity index (χ3v) is 3.97. The van der Waals surface area contributed by atoms with Crippen LogP contribution < -0.4 is 9.64 Å². The fraction of sp³-hybridized carbons (Fsp3) is 0.222. The lowest BCUT2D eigenvalue weighted by atomic mass is 10.2. The van der Waals surface area contributed by atoms with Gasteiger partial charge in [-0.1, -0.05) is 6.07 Å². The fourth-order valence-corrected chi connectivity index (χ4v) is 2.72. The van der Waals surface area contributed by atoms with Crippen molar-refractivity contribution < 1.29 is 13.5 Å². The molecule has 0 spiro atoms. The van der Waals surface area contributed by atoms with E-state index in [0.29, 0.717) is 23.7 Å². The SMILES string of the molecule is CCOc1ccc(N(C)c2nc(CCl)nc3cccc(F)c23)c(F)c1.Cl. The molecule has 3 rings (SSSR count). The molecule has 0 aliphatic rings. The Balaban J connectivity index is 0.00000243. The van der Waals surface area contributed by atoms with E-state index in [2.05, 4.69) is 9.97 Å². The topological polar surface area (TPSA) is 38.2 Å². The van der Waals surface area contributed by atoms with Crippen molar-refractivity contribution in [1.29, 1.82) is 0 Å². The number of nitrogens with zero attached hydrogens (tertiary/aromatic N) is 3. The summed E-state index contributed by atoms with van der Waals surface area (Å²) in [6, 6.07) is 9.05. The van der Waals surface area contributed by atoms with Gasteiger partial charge in [0.05, 0.1) is 29.1 Å². The quantitative estimate of drug-likeness (QED) is 0.550. The number of anilines is 2. The zero-order valence-corrected chi connectivity index (χ0v) is 15.7. The lowest BCUT2D eigenvalue weighted by Crippen LogP contribution is -2.15. The molecule has 26 heavy (non-hydrogen) atoms. The summed E-state index contributed by atoms with van der Waals surface area (Å²) in [5.74, 6) is 0.113. The van der Waals surface area contributed by atoms with E-state index in [9.17, 15) is 8.78 Å². The predicted molar refractivity (Wildman–Crippen MR) is 102 cm³/mol. The number of fused-ring (bicyclic) bond motifs is 1. The molecule has 0 atom stereocenters. The van der Waals surface area contributed by atoms with E-state index >= 15 is 0 Å². The molecule has 0 amide bonds. The van der Waals surface area contributed by atoms with Crippen LogP contribution in [0.2, 0.25) is 0 Å². The maximum atomic E-state index is 14.5. The summed E-state index contributed by atoms with van der Waals surface area (Å²) in [7, 11) is 1.62. The molecule has 8 heteroatoms. The molecular weight excluding hydrogens is 383 g/mol. The second-order valence-electron chi connectivity index (χ2n) is 5.34. The normalized spacial score (nSPS) is 10.5. The van der Waals surface area contributed by atoms with Crippen molar-refractivity contribution in [3.05, 3.63) is 53.9 Å². The Morgan fingerprint density at radius 1 is 1.12 bits per heavy atom. The molecular formula is C18H17Cl2F2N3O. The standard InChI is InChI=1S/C18H16ClF2N3O.ClH/c1-3-25-11-7-8-15(13(21)9-11)24(2)18-17-12(20)5-4-6-14(17)22-16(10-19)23-18;/h4-9H,3,10H2,1-2H3;1H. The van der Waals surface area contributed by atoms with Gasteiger partial charge in [0.1, 0.15) is 23.2 Å². The van der Waals surface area contributed by atoms with Crippen LogP contribution in [0.5, 0.6) is 5.75 Å². The van der Waals surface area contributed by atoms with Crippen molar-refractivity contribution in [2.75, 3.05) is 18.6 Å². The maximum absolute atomic E-state index is 14.5. The van der Waals surface area contributed by atoms with E-state index in [4.69, 9.17) is 16.3 Å². The second-order valence-corrected chi connectivity index (χ2v) is 5.60. The first kappa shape index (κ1) is 20.1. The lowest BCUT2D eigenvalue weighted by Gasteiger charge is -2.21. The largest absolute Gasteiger partial charge is 0.494 e. The molecule has 0 saturated carbocycles. The predicted octanol–water partition coefficient (Wildman–Crippen LogP) is 5.24. The number of ether oxygens (including phenoxy) is 1. The molecule has 0 N–H and O–H groups in total. The summed E-state index contributed by atoms with van der Waals surface area (Å²) in [6.07, 6.45) is 0. The lowest BCUT2D eigenvalue weighted by molar-refractivity contribution is 0.338. The van der Waals surface area contributed by atoms with Crippen LogP contribution in [0.4, 0.5) is 20.3 Å². The molecule has 1 heterocycles. The molecule has 2 aromatic carbocycles. The van der Waals surface area contributed by atoms with E-state index in [1.807, 2.05) is 6.92 Å². The van der Waals surface area contributed by atoms with Gasteiger partial charge in [0.25, 0.3) is 0 Å². The third-order valence-electron chi connectivity index (χ3n) is 3.73. The van der Waals surface area contributed by atoms with Gasteiger partial charge in [0.2, 0.25) is 0 Å². The zero-order valence-electron chi connectivity index (χ0n) is 14.2. The Hall–Kier alpha value is -2.18. The van der Waals surface area contributed by atoms with Gasteiger partial charge in [0.15, 0.2) is 5.82 Å². The first-order valence-electron chi connectivity index (χ1n) is 7.72. The first-order valence-corrected chi connectivity index (χ1v) is 8.25. The smallest absolute Gasteiger partial charge is 0.150 e. The van der Waals surface area contributed by atoms with Crippen LogP contribution in [-0.4, -0.2) is 23.6 Å². The van der Waals surface area contributed by atoms with Gasteiger partial charge in [-0.2, -0.15) is 0 Å². The average molecular weight is 400 g/mol. The highest BCUT2D eigenvalue weighted by molar-refractivity contribution is 6.16. The van der Waals surface area contributed by atoms with Crippen LogP contribution in [-0.2, 0) is 5.88 Å². The highest BCUT2D eigenvalue weighted by atomic mass is 35.5. The number of hydrogen-bond acceptors (Lipinski definition) is 4. The van der Waals surface area contributed by atoms with Gasteiger partial charge >= 0.3 is 0 Å². The highest BCUT2D eigenvalue weighted by Gasteiger charge is 2.18. The molecule has 3 aromatic rings. The van der Waals surface area contributed by atoms with Crippen molar-refractivity contribution in [3.63, 3.8) is 0 Å². The van der Waals surface area contributed by atoms with Crippen LogP contribution in [0.1, 0.15) is 12.7 Å². The van der Waals surface area contributed by atoms with Crippen LogP contribution in [0.3, 0.4) is 0 Å². The van der Waals surface area contributed by atoms with E-state index < -0.39 is 11.6 Å². The molecule has 1 aromatic heterocycles. The monoisotopic (exact) mass is 399 g/mol. The van der Waals surface area contributed by atoms with E-state index in [0.717, 1.165) is 0 Å². The molecule has 138 valence electrons. The molecule has 0 aliphatic heterocycles. The molecule has 0 fully saturated rings. The van der Waals surface area contributed by atoms with Crippen molar-refractivity contribution in [2.24, 2.45) is 0 Å². The summed E-state index contributed by atoms with van der Waals surface area (Å²) in [6.45, 7) is 2.26. The summed E-state index contributed by atoms with van der Waals surface area (Å²) in [5.41, 5.74) is 0.658. The Labute approximate surface area is 161 Å². The average Bonchev–Trinajstić information content (AvgIpc) is 2.61. The van der Waals surface area contributed by atoms with Crippen molar-refractivity contribution in [2.45, 2.75) is 12.8 Å². The summed E-state index contributed by atoms with van der Waals surface area (Å²) >= 11 is 5.85. The van der Waals surface area contributed by atoms with Gasteiger partial charge in [-0.3, -0.25) is 0 Å². The Morgan fingerprint density at radius 3 is 2.54 bits per heavy atom. The van der Waals surface area contributed by atoms with E-state index in [1.165, 1.54) is 17.0 Å². The second kappa shape index (κ2) is 8.47. The molecule has 0 radical (unpaired) electrons. The minimum Gasteiger partial charge on any atom is -0.494 e.